The van der Waals surface area contributed by atoms with Crippen LogP contribution in [-0.2, 0) is 13.1 Å². The lowest BCUT2D eigenvalue weighted by molar-refractivity contribution is 0.471. The minimum absolute atomic E-state index is 0.221. The van der Waals surface area contributed by atoms with E-state index in [1.165, 1.54) is 6.07 Å². The van der Waals surface area contributed by atoms with Crippen molar-refractivity contribution in [2.75, 3.05) is 20.6 Å². The molecule has 0 fully saturated rings. The Morgan fingerprint density at radius 1 is 1.23 bits per heavy atom. The van der Waals surface area contributed by atoms with Crippen LogP contribution in [0.5, 0.6) is 0 Å². The van der Waals surface area contributed by atoms with Crippen LogP contribution in [-0.4, -0.2) is 41.1 Å². The Labute approximate surface area is 153 Å². The Morgan fingerprint density at radius 3 is 2.81 bits per heavy atom. The summed E-state index contributed by atoms with van der Waals surface area (Å²) in [4.78, 5) is 10.9. The number of hydrogen-bond donors (Lipinski definition) is 1. The molecule has 2 aromatic carbocycles. The molecule has 3 rings (SSSR count). The topological polar surface area (TPSA) is 45.5 Å². The third kappa shape index (κ3) is 4.02. The molecule has 0 unspecified atom stereocenters. The Morgan fingerprint density at radius 2 is 2.04 bits per heavy atom. The predicted molar refractivity (Wildman–Crippen MR) is 104 cm³/mol. The van der Waals surface area contributed by atoms with Crippen LogP contribution in [0.3, 0.4) is 0 Å². The Kier molecular flexibility index (Phi) is 5.51. The molecule has 26 heavy (non-hydrogen) atoms. The van der Waals surface area contributed by atoms with Gasteiger partial charge in [0, 0.05) is 33.7 Å². The van der Waals surface area contributed by atoms with Crippen molar-refractivity contribution in [3.63, 3.8) is 0 Å². The molecule has 0 amide bonds. The number of rotatable bonds is 5. The summed E-state index contributed by atoms with van der Waals surface area (Å²) >= 11 is 0. The van der Waals surface area contributed by atoms with Gasteiger partial charge in [0.05, 0.1) is 11.0 Å². The van der Waals surface area contributed by atoms with Gasteiger partial charge in [0.15, 0.2) is 5.96 Å². The molecular weight excluding hydrogens is 329 g/mol. The number of aryl methyl sites for hydroxylation is 1. The summed E-state index contributed by atoms with van der Waals surface area (Å²) in [5.74, 6) is 1.55. The standard InChI is InChI=1S/C20H24FN5/c1-15-24-18-9-4-5-10-19(18)26(15)12-11-23-20(22-2)25(3)14-16-7-6-8-17(21)13-16/h4-10,13H,11-12,14H2,1-3H3,(H,22,23). The van der Waals surface area contributed by atoms with Gasteiger partial charge in [-0.2, -0.15) is 0 Å². The second-order valence-corrected chi connectivity index (χ2v) is 6.26. The number of aliphatic imine (C=N–C) groups is 1. The molecule has 0 saturated heterocycles. The zero-order valence-electron chi connectivity index (χ0n) is 15.4. The third-order valence-electron chi connectivity index (χ3n) is 4.35. The van der Waals surface area contributed by atoms with Gasteiger partial charge in [-0.15, -0.1) is 0 Å². The molecule has 1 N–H and O–H groups in total. The molecule has 136 valence electrons. The van der Waals surface area contributed by atoms with E-state index in [0.29, 0.717) is 6.54 Å². The first-order valence-corrected chi connectivity index (χ1v) is 8.66. The first-order chi connectivity index (χ1) is 12.6. The van der Waals surface area contributed by atoms with E-state index in [-0.39, 0.29) is 5.82 Å². The molecule has 0 aliphatic rings. The minimum Gasteiger partial charge on any atom is -0.354 e. The van der Waals surface area contributed by atoms with Gasteiger partial charge in [-0.05, 0) is 36.8 Å². The number of fused-ring (bicyclic) bond motifs is 1. The van der Waals surface area contributed by atoms with Crippen molar-refractivity contribution in [3.05, 3.63) is 65.7 Å². The molecule has 0 saturated carbocycles. The molecule has 6 heteroatoms. The van der Waals surface area contributed by atoms with Gasteiger partial charge in [-0.1, -0.05) is 24.3 Å². The lowest BCUT2D eigenvalue weighted by Crippen LogP contribution is -2.39. The van der Waals surface area contributed by atoms with E-state index < -0.39 is 0 Å². The number of benzene rings is 2. The number of halogens is 1. The quantitative estimate of drug-likeness (QED) is 0.566. The maximum atomic E-state index is 13.4. The summed E-state index contributed by atoms with van der Waals surface area (Å²) in [5.41, 5.74) is 3.06. The van der Waals surface area contributed by atoms with Crippen LogP contribution >= 0.6 is 0 Å². The molecule has 0 bridgehead atoms. The highest BCUT2D eigenvalue weighted by molar-refractivity contribution is 5.79. The number of para-hydroxylation sites is 2. The fourth-order valence-electron chi connectivity index (χ4n) is 3.13. The van der Waals surface area contributed by atoms with Gasteiger partial charge in [0.1, 0.15) is 11.6 Å². The molecule has 3 aromatic rings. The Hall–Kier alpha value is -2.89. The fourth-order valence-corrected chi connectivity index (χ4v) is 3.13. The van der Waals surface area contributed by atoms with Crippen LogP contribution in [0.1, 0.15) is 11.4 Å². The zero-order valence-corrected chi connectivity index (χ0v) is 15.4. The highest BCUT2D eigenvalue weighted by Gasteiger charge is 2.09. The molecule has 0 atom stereocenters. The Balaban J connectivity index is 1.61. The fraction of sp³-hybridized carbons (Fsp3) is 0.300. The van der Waals surface area contributed by atoms with Crippen molar-refractivity contribution in [1.82, 2.24) is 19.8 Å². The van der Waals surface area contributed by atoms with E-state index in [9.17, 15) is 4.39 Å². The first kappa shape index (κ1) is 17.9. The van der Waals surface area contributed by atoms with Crippen LogP contribution in [0.2, 0.25) is 0 Å². The van der Waals surface area contributed by atoms with E-state index in [2.05, 4.69) is 25.9 Å². The number of aromatic nitrogens is 2. The molecule has 0 aliphatic carbocycles. The predicted octanol–water partition coefficient (Wildman–Crippen LogP) is 3.19. The summed E-state index contributed by atoms with van der Waals surface area (Å²) in [7, 11) is 3.69. The van der Waals surface area contributed by atoms with E-state index in [1.807, 2.05) is 43.1 Å². The van der Waals surface area contributed by atoms with Gasteiger partial charge in [-0.25, -0.2) is 9.37 Å². The smallest absolute Gasteiger partial charge is 0.193 e. The largest absolute Gasteiger partial charge is 0.354 e. The van der Waals surface area contributed by atoms with E-state index in [1.54, 1.807) is 19.2 Å². The molecule has 1 aromatic heterocycles. The van der Waals surface area contributed by atoms with Crippen LogP contribution < -0.4 is 5.32 Å². The van der Waals surface area contributed by atoms with Gasteiger partial charge in [-0.3, -0.25) is 4.99 Å². The summed E-state index contributed by atoms with van der Waals surface area (Å²) in [6.07, 6.45) is 0. The monoisotopic (exact) mass is 353 g/mol. The average Bonchev–Trinajstić information content (AvgIpc) is 2.94. The summed E-state index contributed by atoms with van der Waals surface area (Å²) in [5, 5.41) is 3.37. The van der Waals surface area contributed by atoms with Crippen LogP contribution in [0.4, 0.5) is 4.39 Å². The van der Waals surface area contributed by atoms with Crippen molar-refractivity contribution in [1.29, 1.82) is 0 Å². The molecule has 0 spiro atoms. The summed E-state index contributed by atoms with van der Waals surface area (Å²) in [6.45, 7) is 4.12. The summed E-state index contributed by atoms with van der Waals surface area (Å²) in [6, 6.07) is 14.8. The van der Waals surface area contributed by atoms with Crippen LogP contribution in [0, 0.1) is 12.7 Å². The minimum atomic E-state index is -0.221. The molecule has 5 nitrogen and oxygen atoms in total. The van der Waals surface area contributed by atoms with Crippen molar-refractivity contribution >= 4 is 17.0 Å². The zero-order chi connectivity index (χ0) is 18.5. The first-order valence-electron chi connectivity index (χ1n) is 8.66. The maximum Gasteiger partial charge on any atom is 0.193 e. The maximum absolute atomic E-state index is 13.4. The number of nitrogens with one attached hydrogen (secondary N) is 1. The number of nitrogens with zero attached hydrogens (tertiary/aromatic N) is 4. The summed E-state index contributed by atoms with van der Waals surface area (Å²) < 4.78 is 15.5. The Bertz CT molecular complexity index is 915. The lowest BCUT2D eigenvalue weighted by Gasteiger charge is -2.22. The average molecular weight is 353 g/mol. The highest BCUT2D eigenvalue weighted by atomic mass is 19.1. The number of hydrogen-bond acceptors (Lipinski definition) is 2. The van der Waals surface area contributed by atoms with Gasteiger partial charge in [0.2, 0.25) is 0 Å². The van der Waals surface area contributed by atoms with Crippen LogP contribution in [0.15, 0.2) is 53.5 Å². The molecule has 0 radical (unpaired) electrons. The van der Waals surface area contributed by atoms with Crippen molar-refractivity contribution in [3.8, 4) is 0 Å². The molecule has 0 aliphatic heterocycles. The van der Waals surface area contributed by atoms with Crippen molar-refractivity contribution < 1.29 is 4.39 Å². The van der Waals surface area contributed by atoms with Gasteiger partial charge < -0.3 is 14.8 Å². The lowest BCUT2D eigenvalue weighted by atomic mass is 10.2. The number of guanidine groups is 1. The number of imidazole rings is 1. The second kappa shape index (κ2) is 7.99. The van der Waals surface area contributed by atoms with E-state index in [4.69, 9.17) is 0 Å². The molecular formula is C20H24FN5. The highest BCUT2D eigenvalue weighted by Crippen LogP contribution is 2.14. The normalized spacial score (nSPS) is 11.8. The molecule has 1 heterocycles. The van der Waals surface area contributed by atoms with E-state index >= 15 is 0 Å². The van der Waals surface area contributed by atoms with Gasteiger partial charge >= 0.3 is 0 Å². The van der Waals surface area contributed by atoms with Crippen molar-refractivity contribution in [2.45, 2.75) is 20.0 Å². The third-order valence-corrected chi connectivity index (χ3v) is 4.35. The SMILES string of the molecule is CN=C(NCCn1c(C)nc2ccccc21)N(C)Cc1cccc(F)c1. The van der Waals surface area contributed by atoms with Gasteiger partial charge in [0.25, 0.3) is 0 Å². The van der Waals surface area contributed by atoms with Crippen molar-refractivity contribution in [2.24, 2.45) is 4.99 Å². The van der Waals surface area contributed by atoms with E-state index in [0.717, 1.165) is 41.5 Å². The van der Waals surface area contributed by atoms with Crippen LogP contribution in [0.25, 0.3) is 11.0 Å². The second-order valence-electron chi connectivity index (χ2n) is 6.26.